The van der Waals surface area contributed by atoms with Crippen molar-refractivity contribution in [2.45, 2.75) is 25.3 Å². The van der Waals surface area contributed by atoms with Gasteiger partial charge in [-0.1, -0.05) is 6.42 Å². The van der Waals surface area contributed by atoms with Gasteiger partial charge in [-0.05, 0) is 46.4 Å². The second-order valence-corrected chi connectivity index (χ2v) is 3.78. The van der Waals surface area contributed by atoms with Crippen LogP contribution >= 0.6 is 0 Å². The lowest BCUT2D eigenvalue weighted by atomic mass is 10.0. The molecule has 2 atom stereocenters. The topological polar surface area (TPSA) is 15.3 Å². The van der Waals surface area contributed by atoms with E-state index >= 15 is 0 Å². The van der Waals surface area contributed by atoms with Crippen molar-refractivity contribution in [2.24, 2.45) is 5.92 Å². The lowest BCUT2D eigenvalue weighted by Gasteiger charge is -2.25. The van der Waals surface area contributed by atoms with Gasteiger partial charge >= 0.3 is 0 Å². The van der Waals surface area contributed by atoms with Gasteiger partial charge in [-0.15, -0.1) is 0 Å². The fourth-order valence-corrected chi connectivity index (χ4v) is 2.20. The molecule has 11 heavy (non-hydrogen) atoms. The van der Waals surface area contributed by atoms with Crippen molar-refractivity contribution in [1.29, 1.82) is 0 Å². The lowest BCUT2D eigenvalue weighted by molar-refractivity contribution is 0.235. The molecule has 2 heteroatoms. The largest absolute Gasteiger partial charge is 0.319 e. The van der Waals surface area contributed by atoms with Crippen LogP contribution in [-0.4, -0.2) is 38.6 Å². The van der Waals surface area contributed by atoms with Gasteiger partial charge in [0.25, 0.3) is 0 Å². The molecule has 1 fully saturated rings. The lowest BCUT2D eigenvalue weighted by Crippen LogP contribution is -2.35. The summed E-state index contributed by atoms with van der Waals surface area (Å²) in [6.45, 7) is 1.18. The third-order valence-corrected chi connectivity index (χ3v) is 2.75. The minimum absolute atomic E-state index is 0.822. The molecule has 0 aromatic carbocycles. The molecule has 0 spiro atoms. The first kappa shape index (κ1) is 9.01. The molecule has 2 nitrogen and oxygen atoms in total. The normalized spacial score (nSPS) is 31.6. The first-order valence-corrected chi connectivity index (χ1v) is 4.56. The maximum Gasteiger partial charge on any atom is 0.0129 e. The van der Waals surface area contributed by atoms with Gasteiger partial charge in [0.15, 0.2) is 0 Å². The van der Waals surface area contributed by atoms with Crippen LogP contribution in [0.1, 0.15) is 19.3 Å². The first-order chi connectivity index (χ1) is 5.25. The van der Waals surface area contributed by atoms with Crippen molar-refractivity contribution in [3.63, 3.8) is 0 Å². The van der Waals surface area contributed by atoms with E-state index in [0.717, 1.165) is 12.0 Å². The van der Waals surface area contributed by atoms with E-state index in [-0.39, 0.29) is 0 Å². The highest BCUT2D eigenvalue weighted by Crippen LogP contribution is 2.27. The Labute approximate surface area is 70.0 Å². The highest BCUT2D eigenvalue weighted by Gasteiger charge is 2.27. The molecule has 2 unspecified atom stereocenters. The zero-order valence-corrected chi connectivity index (χ0v) is 7.93. The average Bonchev–Trinajstić information content (AvgIpc) is 2.36. The smallest absolute Gasteiger partial charge is 0.0129 e. The molecule has 1 saturated carbocycles. The van der Waals surface area contributed by atoms with Gasteiger partial charge in [-0.25, -0.2) is 0 Å². The van der Waals surface area contributed by atoms with E-state index in [1.807, 2.05) is 7.05 Å². The van der Waals surface area contributed by atoms with E-state index in [0.29, 0.717) is 0 Å². The Morgan fingerprint density at radius 3 is 2.64 bits per heavy atom. The van der Waals surface area contributed by atoms with Crippen molar-refractivity contribution in [3.8, 4) is 0 Å². The second kappa shape index (κ2) is 4.07. The highest BCUT2D eigenvalue weighted by molar-refractivity contribution is 4.83. The van der Waals surface area contributed by atoms with Gasteiger partial charge in [0.05, 0.1) is 0 Å². The molecule has 0 amide bonds. The summed E-state index contributed by atoms with van der Waals surface area (Å²) in [5.74, 6) is 0.884. The van der Waals surface area contributed by atoms with Gasteiger partial charge in [0.1, 0.15) is 0 Å². The molecule has 1 rings (SSSR count). The summed E-state index contributed by atoms with van der Waals surface area (Å²) in [4.78, 5) is 2.37. The number of hydrogen-bond acceptors (Lipinski definition) is 2. The number of hydrogen-bond donors (Lipinski definition) is 1. The molecule has 0 saturated heterocycles. The van der Waals surface area contributed by atoms with E-state index in [4.69, 9.17) is 0 Å². The van der Waals surface area contributed by atoms with Crippen LogP contribution in [0.5, 0.6) is 0 Å². The second-order valence-electron chi connectivity index (χ2n) is 3.78. The molecule has 0 bridgehead atoms. The fourth-order valence-electron chi connectivity index (χ4n) is 2.20. The van der Waals surface area contributed by atoms with Crippen LogP contribution < -0.4 is 5.32 Å². The van der Waals surface area contributed by atoms with Crippen LogP contribution in [0.4, 0.5) is 0 Å². The van der Waals surface area contributed by atoms with E-state index in [1.54, 1.807) is 0 Å². The van der Waals surface area contributed by atoms with Crippen molar-refractivity contribution in [3.05, 3.63) is 0 Å². The molecule has 1 aliphatic rings. The Morgan fingerprint density at radius 1 is 1.36 bits per heavy atom. The predicted octanol–water partition coefficient (Wildman–Crippen LogP) is 0.936. The third-order valence-electron chi connectivity index (χ3n) is 2.75. The van der Waals surface area contributed by atoms with Gasteiger partial charge in [-0.3, -0.25) is 0 Å². The molecule has 0 radical (unpaired) electrons. The van der Waals surface area contributed by atoms with Gasteiger partial charge in [0.2, 0.25) is 0 Å². The molecular formula is C9H20N2. The molecule has 0 aromatic heterocycles. The Bertz CT molecular complexity index is 112. The average molecular weight is 156 g/mol. The Kier molecular flexibility index (Phi) is 3.34. The molecule has 66 valence electrons. The van der Waals surface area contributed by atoms with E-state index in [1.165, 1.54) is 25.8 Å². The van der Waals surface area contributed by atoms with Gasteiger partial charge in [0, 0.05) is 6.04 Å². The summed E-state index contributed by atoms with van der Waals surface area (Å²) < 4.78 is 0. The summed E-state index contributed by atoms with van der Waals surface area (Å²) in [6.07, 6.45) is 4.21. The molecule has 1 aliphatic carbocycles. The summed E-state index contributed by atoms with van der Waals surface area (Å²) in [5, 5.41) is 3.27. The van der Waals surface area contributed by atoms with Crippen LogP contribution in [0.15, 0.2) is 0 Å². The monoisotopic (exact) mass is 156 g/mol. The standard InChI is InChI=1S/C9H20N2/c1-10-7-8-5-4-6-9(8)11(2)3/h8-10H,4-7H2,1-3H3. The minimum Gasteiger partial charge on any atom is -0.319 e. The summed E-state index contributed by atoms with van der Waals surface area (Å²) in [5.41, 5.74) is 0. The molecule has 0 aliphatic heterocycles. The summed E-state index contributed by atoms with van der Waals surface area (Å²) in [7, 11) is 6.43. The van der Waals surface area contributed by atoms with E-state index < -0.39 is 0 Å². The minimum atomic E-state index is 0.822. The Morgan fingerprint density at radius 2 is 2.09 bits per heavy atom. The number of nitrogens with zero attached hydrogens (tertiary/aromatic N) is 1. The maximum absolute atomic E-state index is 3.27. The van der Waals surface area contributed by atoms with Crippen LogP contribution in [0.25, 0.3) is 0 Å². The fraction of sp³-hybridized carbons (Fsp3) is 1.00. The van der Waals surface area contributed by atoms with E-state index in [9.17, 15) is 0 Å². The van der Waals surface area contributed by atoms with Crippen LogP contribution in [0.2, 0.25) is 0 Å². The van der Waals surface area contributed by atoms with Crippen molar-refractivity contribution < 1.29 is 0 Å². The quantitative estimate of drug-likeness (QED) is 0.654. The van der Waals surface area contributed by atoms with Crippen LogP contribution in [0, 0.1) is 5.92 Å². The third kappa shape index (κ3) is 2.17. The van der Waals surface area contributed by atoms with Crippen molar-refractivity contribution in [1.82, 2.24) is 10.2 Å². The zero-order valence-electron chi connectivity index (χ0n) is 7.93. The molecular weight excluding hydrogens is 136 g/mol. The predicted molar refractivity (Wildman–Crippen MR) is 48.7 cm³/mol. The van der Waals surface area contributed by atoms with Crippen molar-refractivity contribution >= 4 is 0 Å². The van der Waals surface area contributed by atoms with Crippen LogP contribution in [-0.2, 0) is 0 Å². The first-order valence-electron chi connectivity index (χ1n) is 4.56. The van der Waals surface area contributed by atoms with Gasteiger partial charge < -0.3 is 10.2 Å². The maximum atomic E-state index is 3.27. The van der Waals surface area contributed by atoms with Crippen molar-refractivity contribution in [2.75, 3.05) is 27.7 Å². The molecule has 0 heterocycles. The SMILES string of the molecule is CNCC1CCCC1N(C)C. The summed E-state index contributed by atoms with van der Waals surface area (Å²) >= 11 is 0. The highest BCUT2D eigenvalue weighted by atomic mass is 15.1. The van der Waals surface area contributed by atoms with Crippen LogP contribution in [0.3, 0.4) is 0 Å². The van der Waals surface area contributed by atoms with E-state index in [2.05, 4.69) is 24.3 Å². The number of rotatable bonds is 3. The zero-order chi connectivity index (χ0) is 8.27. The Balaban J connectivity index is 2.37. The van der Waals surface area contributed by atoms with Gasteiger partial charge in [-0.2, -0.15) is 0 Å². The number of nitrogens with one attached hydrogen (secondary N) is 1. The molecule has 0 aromatic rings. The Hall–Kier alpha value is -0.0800. The summed E-state index contributed by atoms with van der Waals surface area (Å²) in [6, 6.07) is 0.822. The molecule has 1 N–H and O–H groups in total.